The number of halogens is 2. The maximum atomic E-state index is 12.8. The van der Waals surface area contributed by atoms with Crippen LogP contribution in [0.25, 0.3) is 0 Å². The van der Waals surface area contributed by atoms with Crippen molar-refractivity contribution in [2.75, 3.05) is 22.4 Å². The smallest absolute Gasteiger partial charge is 0.232 e. The molecule has 0 aliphatic carbocycles. The molecule has 0 spiro atoms. The largest absolute Gasteiger partial charge is 0.326 e. The molecule has 0 radical (unpaired) electrons. The molecule has 0 fully saturated rings. The van der Waals surface area contributed by atoms with E-state index in [9.17, 15) is 17.6 Å². The van der Waals surface area contributed by atoms with Gasteiger partial charge in [-0.05, 0) is 48.5 Å². The second-order valence-corrected chi connectivity index (χ2v) is 7.46. The first-order valence-electron chi connectivity index (χ1n) is 7.04. The lowest BCUT2D eigenvalue weighted by atomic mass is 10.3. The minimum absolute atomic E-state index is 0.0203. The van der Waals surface area contributed by atoms with Crippen molar-refractivity contribution in [3.8, 4) is 0 Å². The highest BCUT2D eigenvalue weighted by atomic mass is 35.5. The van der Waals surface area contributed by atoms with E-state index in [0.29, 0.717) is 16.4 Å². The van der Waals surface area contributed by atoms with Crippen LogP contribution in [0.2, 0.25) is 5.02 Å². The van der Waals surface area contributed by atoms with E-state index in [1.807, 2.05) is 0 Å². The van der Waals surface area contributed by atoms with Gasteiger partial charge >= 0.3 is 0 Å². The van der Waals surface area contributed by atoms with Gasteiger partial charge in [-0.25, -0.2) is 12.8 Å². The van der Waals surface area contributed by atoms with Gasteiger partial charge in [-0.15, -0.1) is 0 Å². The van der Waals surface area contributed by atoms with E-state index in [-0.39, 0.29) is 18.9 Å². The Balaban J connectivity index is 2.04. The zero-order valence-electron chi connectivity index (χ0n) is 12.9. The third-order valence-electron chi connectivity index (χ3n) is 3.18. The molecule has 0 saturated carbocycles. The summed E-state index contributed by atoms with van der Waals surface area (Å²) in [4.78, 5) is 12.0. The van der Waals surface area contributed by atoms with Crippen LogP contribution < -0.4 is 9.62 Å². The number of hydrogen-bond acceptors (Lipinski definition) is 3. The second kappa shape index (κ2) is 7.63. The van der Waals surface area contributed by atoms with Crippen molar-refractivity contribution in [2.45, 2.75) is 6.42 Å². The Morgan fingerprint density at radius 2 is 1.71 bits per heavy atom. The van der Waals surface area contributed by atoms with E-state index in [2.05, 4.69) is 5.32 Å². The molecule has 2 aromatic rings. The zero-order valence-corrected chi connectivity index (χ0v) is 14.4. The zero-order chi connectivity index (χ0) is 17.7. The van der Waals surface area contributed by atoms with Crippen LogP contribution in [0.3, 0.4) is 0 Å². The van der Waals surface area contributed by atoms with Gasteiger partial charge in [-0.3, -0.25) is 9.10 Å². The summed E-state index contributed by atoms with van der Waals surface area (Å²) in [6.07, 6.45) is 1.02. The number of benzene rings is 2. The monoisotopic (exact) mass is 370 g/mol. The number of amides is 1. The Bertz CT molecular complexity index is 808. The van der Waals surface area contributed by atoms with Crippen molar-refractivity contribution in [1.29, 1.82) is 0 Å². The molecule has 0 unspecified atom stereocenters. The van der Waals surface area contributed by atoms with E-state index < -0.39 is 15.8 Å². The minimum atomic E-state index is -3.54. The molecule has 0 saturated heterocycles. The Morgan fingerprint density at radius 3 is 2.25 bits per heavy atom. The lowest BCUT2D eigenvalue weighted by Gasteiger charge is -2.22. The molecule has 24 heavy (non-hydrogen) atoms. The van der Waals surface area contributed by atoms with E-state index in [4.69, 9.17) is 11.6 Å². The predicted molar refractivity (Wildman–Crippen MR) is 93.3 cm³/mol. The molecule has 0 bridgehead atoms. The van der Waals surface area contributed by atoms with Gasteiger partial charge in [-0.1, -0.05) is 11.6 Å². The van der Waals surface area contributed by atoms with Gasteiger partial charge in [-0.2, -0.15) is 0 Å². The van der Waals surface area contributed by atoms with Crippen molar-refractivity contribution in [1.82, 2.24) is 0 Å². The Labute approximate surface area is 145 Å². The maximum Gasteiger partial charge on any atom is 0.232 e. The van der Waals surface area contributed by atoms with Gasteiger partial charge in [0.25, 0.3) is 0 Å². The predicted octanol–water partition coefficient (Wildman–Crippen LogP) is 3.27. The highest BCUT2D eigenvalue weighted by molar-refractivity contribution is 7.92. The number of nitrogens with zero attached hydrogens (tertiary/aromatic N) is 1. The lowest BCUT2D eigenvalue weighted by Crippen LogP contribution is -2.33. The van der Waals surface area contributed by atoms with Crippen LogP contribution in [0.4, 0.5) is 15.8 Å². The molecule has 0 aromatic heterocycles. The molecule has 0 aliphatic rings. The molecular weight excluding hydrogens is 355 g/mol. The topological polar surface area (TPSA) is 66.5 Å². The second-order valence-electron chi connectivity index (χ2n) is 5.12. The summed E-state index contributed by atoms with van der Waals surface area (Å²) >= 11 is 5.80. The van der Waals surface area contributed by atoms with Crippen LogP contribution in [-0.4, -0.2) is 27.1 Å². The molecule has 128 valence electrons. The number of anilines is 2. The van der Waals surface area contributed by atoms with Gasteiger partial charge in [0.1, 0.15) is 5.82 Å². The fraction of sp³-hybridized carbons (Fsp3) is 0.188. The van der Waals surface area contributed by atoms with Crippen molar-refractivity contribution >= 4 is 38.9 Å². The highest BCUT2D eigenvalue weighted by Gasteiger charge is 2.18. The van der Waals surface area contributed by atoms with Gasteiger partial charge in [0.05, 0.1) is 11.9 Å². The lowest BCUT2D eigenvalue weighted by molar-refractivity contribution is -0.116. The number of hydrogen-bond donors (Lipinski definition) is 1. The van der Waals surface area contributed by atoms with Crippen molar-refractivity contribution in [2.24, 2.45) is 0 Å². The average molecular weight is 371 g/mol. The molecule has 8 heteroatoms. The summed E-state index contributed by atoms with van der Waals surface area (Å²) in [5, 5.41) is 3.08. The first-order valence-corrected chi connectivity index (χ1v) is 9.27. The standard InChI is InChI=1S/C16H16ClFN2O3S/c1-24(22,23)20(15-8-2-12(17)3-9-15)11-10-16(21)19-14-6-4-13(18)5-7-14/h2-9H,10-11H2,1H3,(H,19,21). The van der Waals surface area contributed by atoms with E-state index in [1.165, 1.54) is 24.3 Å². The van der Waals surface area contributed by atoms with Gasteiger partial charge < -0.3 is 5.32 Å². The summed E-state index contributed by atoms with van der Waals surface area (Å²) in [6, 6.07) is 11.6. The summed E-state index contributed by atoms with van der Waals surface area (Å²) in [7, 11) is -3.54. The van der Waals surface area contributed by atoms with Crippen LogP contribution in [0.1, 0.15) is 6.42 Å². The molecule has 5 nitrogen and oxygen atoms in total. The first-order chi connectivity index (χ1) is 11.3. The molecule has 1 N–H and O–H groups in total. The van der Waals surface area contributed by atoms with E-state index in [0.717, 1.165) is 10.6 Å². The fourth-order valence-corrected chi connectivity index (χ4v) is 3.11. The third-order valence-corrected chi connectivity index (χ3v) is 4.63. The van der Waals surface area contributed by atoms with Crippen molar-refractivity contribution < 1.29 is 17.6 Å². The van der Waals surface area contributed by atoms with Crippen molar-refractivity contribution in [3.63, 3.8) is 0 Å². The summed E-state index contributed by atoms with van der Waals surface area (Å²) in [5.74, 6) is -0.775. The molecule has 0 atom stereocenters. The molecule has 0 aliphatic heterocycles. The Kier molecular flexibility index (Phi) is 5.80. The van der Waals surface area contributed by atoms with Crippen LogP contribution in [-0.2, 0) is 14.8 Å². The molecule has 2 rings (SSSR count). The fourth-order valence-electron chi connectivity index (χ4n) is 2.05. The maximum absolute atomic E-state index is 12.8. The normalized spacial score (nSPS) is 11.1. The van der Waals surface area contributed by atoms with Crippen LogP contribution in [0.5, 0.6) is 0 Å². The third kappa shape index (κ3) is 5.21. The van der Waals surface area contributed by atoms with E-state index >= 15 is 0 Å². The van der Waals surface area contributed by atoms with Gasteiger partial charge in [0.15, 0.2) is 0 Å². The number of sulfonamides is 1. The Morgan fingerprint density at radius 1 is 1.12 bits per heavy atom. The SMILES string of the molecule is CS(=O)(=O)N(CCC(=O)Nc1ccc(F)cc1)c1ccc(Cl)cc1. The molecule has 1 amide bonds. The van der Waals surface area contributed by atoms with Crippen LogP contribution in [0.15, 0.2) is 48.5 Å². The minimum Gasteiger partial charge on any atom is -0.326 e. The van der Waals surface area contributed by atoms with Gasteiger partial charge in [0, 0.05) is 23.7 Å². The average Bonchev–Trinajstić information content (AvgIpc) is 2.50. The van der Waals surface area contributed by atoms with Crippen molar-refractivity contribution in [3.05, 3.63) is 59.4 Å². The number of carbonyl (C=O) groups is 1. The summed E-state index contributed by atoms with van der Waals surface area (Å²) in [5.41, 5.74) is 0.871. The quantitative estimate of drug-likeness (QED) is 0.848. The van der Waals surface area contributed by atoms with Gasteiger partial charge in [0.2, 0.25) is 15.9 Å². The molecule has 0 heterocycles. The first kappa shape index (κ1) is 18.2. The Hall–Kier alpha value is -2.12. The highest BCUT2D eigenvalue weighted by Crippen LogP contribution is 2.20. The molecule has 2 aromatic carbocycles. The number of nitrogens with one attached hydrogen (secondary N) is 1. The summed E-state index contributed by atoms with van der Waals surface area (Å²) < 4.78 is 37.9. The molecular formula is C16H16ClFN2O3S. The van der Waals surface area contributed by atoms with E-state index in [1.54, 1.807) is 24.3 Å². The number of rotatable bonds is 6. The van der Waals surface area contributed by atoms with Crippen LogP contribution >= 0.6 is 11.6 Å². The van der Waals surface area contributed by atoms with Crippen LogP contribution in [0, 0.1) is 5.82 Å². The number of carbonyl (C=O) groups excluding carboxylic acids is 1. The summed E-state index contributed by atoms with van der Waals surface area (Å²) in [6.45, 7) is -0.0203.